The van der Waals surface area contributed by atoms with Crippen molar-refractivity contribution in [3.05, 3.63) is 77.4 Å². The molecular formula is C21H23N3O2S. The van der Waals surface area contributed by atoms with Crippen molar-refractivity contribution in [2.75, 3.05) is 0 Å². The van der Waals surface area contributed by atoms with Crippen LogP contribution in [-0.2, 0) is 10.2 Å². The van der Waals surface area contributed by atoms with E-state index in [-0.39, 0.29) is 22.3 Å². The molecule has 0 aliphatic rings. The number of hydrogen-bond donors (Lipinski definition) is 3. The van der Waals surface area contributed by atoms with Crippen LogP contribution in [0, 0.1) is 0 Å². The fourth-order valence-corrected chi connectivity index (χ4v) is 2.38. The summed E-state index contributed by atoms with van der Waals surface area (Å²) in [4.78, 5) is 24.0. The molecule has 2 aromatic rings. The second-order valence-corrected chi connectivity index (χ2v) is 7.38. The normalized spacial score (nSPS) is 11.1. The van der Waals surface area contributed by atoms with Gasteiger partial charge in [0.15, 0.2) is 5.11 Å². The number of rotatable bonds is 3. The maximum absolute atomic E-state index is 12.1. The first kappa shape index (κ1) is 20.3. The topological polar surface area (TPSA) is 70.2 Å². The van der Waals surface area contributed by atoms with Gasteiger partial charge in [-0.1, -0.05) is 63.2 Å². The Morgan fingerprint density at radius 2 is 1.56 bits per heavy atom. The number of thiocarbonyl (C=S) groups is 1. The molecule has 2 amide bonds. The summed E-state index contributed by atoms with van der Waals surface area (Å²) in [5.41, 5.74) is 7.54. The second kappa shape index (κ2) is 9.09. The predicted molar refractivity (Wildman–Crippen MR) is 112 cm³/mol. The molecule has 140 valence electrons. The summed E-state index contributed by atoms with van der Waals surface area (Å²) < 4.78 is 0. The van der Waals surface area contributed by atoms with Crippen molar-refractivity contribution >= 4 is 35.2 Å². The Labute approximate surface area is 164 Å². The van der Waals surface area contributed by atoms with Crippen molar-refractivity contribution in [2.45, 2.75) is 26.2 Å². The number of hydrazine groups is 1. The molecule has 0 saturated heterocycles. The van der Waals surface area contributed by atoms with Crippen LogP contribution < -0.4 is 16.2 Å². The Morgan fingerprint density at radius 3 is 2.15 bits per heavy atom. The summed E-state index contributed by atoms with van der Waals surface area (Å²) in [6, 6.07) is 16.8. The van der Waals surface area contributed by atoms with E-state index in [9.17, 15) is 9.59 Å². The molecule has 5 nitrogen and oxygen atoms in total. The first-order valence-electron chi connectivity index (χ1n) is 8.51. The molecule has 27 heavy (non-hydrogen) atoms. The highest BCUT2D eigenvalue weighted by atomic mass is 32.1. The molecule has 0 saturated carbocycles. The van der Waals surface area contributed by atoms with Crippen LogP contribution in [0.3, 0.4) is 0 Å². The van der Waals surface area contributed by atoms with E-state index in [1.165, 1.54) is 6.08 Å². The first-order valence-corrected chi connectivity index (χ1v) is 8.91. The third-order valence-corrected chi connectivity index (χ3v) is 3.97. The summed E-state index contributed by atoms with van der Waals surface area (Å²) in [5.74, 6) is -0.730. The maximum atomic E-state index is 12.1. The van der Waals surface area contributed by atoms with Gasteiger partial charge in [-0.25, -0.2) is 0 Å². The summed E-state index contributed by atoms with van der Waals surface area (Å²) >= 11 is 5.01. The Balaban J connectivity index is 1.81. The monoisotopic (exact) mass is 381 g/mol. The molecule has 0 aliphatic heterocycles. The Hall–Kier alpha value is -2.99. The number of carbonyl (C=O) groups excluding carboxylic acids is 2. The van der Waals surface area contributed by atoms with E-state index in [1.54, 1.807) is 18.2 Å². The zero-order valence-corrected chi connectivity index (χ0v) is 16.4. The Kier molecular flexibility index (Phi) is 6.85. The number of amides is 2. The molecule has 0 radical (unpaired) electrons. The number of nitrogens with one attached hydrogen (secondary N) is 3. The van der Waals surface area contributed by atoms with Gasteiger partial charge in [0.05, 0.1) is 0 Å². The molecule has 0 atom stereocenters. The quantitative estimate of drug-likeness (QED) is 0.433. The van der Waals surface area contributed by atoms with E-state index in [2.05, 4.69) is 36.9 Å². The minimum Gasteiger partial charge on any atom is -0.298 e. The molecule has 0 spiro atoms. The molecular weight excluding hydrogens is 358 g/mol. The van der Waals surface area contributed by atoms with Gasteiger partial charge in [0, 0.05) is 11.6 Å². The van der Waals surface area contributed by atoms with Gasteiger partial charge in [-0.15, -0.1) is 0 Å². The third-order valence-electron chi connectivity index (χ3n) is 3.77. The lowest BCUT2D eigenvalue weighted by molar-refractivity contribution is -0.115. The summed E-state index contributed by atoms with van der Waals surface area (Å²) in [6.07, 6.45) is 3.05. The van der Waals surface area contributed by atoms with E-state index >= 15 is 0 Å². The fraction of sp³-hybridized carbons (Fsp3) is 0.190. The van der Waals surface area contributed by atoms with E-state index in [4.69, 9.17) is 12.2 Å². The van der Waals surface area contributed by atoms with Gasteiger partial charge in [-0.05, 0) is 47.0 Å². The molecule has 2 aromatic carbocycles. The van der Waals surface area contributed by atoms with E-state index in [1.807, 2.05) is 42.5 Å². The molecule has 0 aliphatic carbocycles. The number of carbonyl (C=O) groups is 2. The Morgan fingerprint density at radius 1 is 0.926 bits per heavy atom. The fourth-order valence-electron chi connectivity index (χ4n) is 2.23. The highest BCUT2D eigenvalue weighted by Gasteiger charge is 2.14. The zero-order valence-electron chi connectivity index (χ0n) is 15.6. The van der Waals surface area contributed by atoms with E-state index in [0.717, 1.165) is 11.1 Å². The van der Waals surface area contributed by atoms with Crippen LogP contribution in [-0.4, -0.2) is 16.9 Å². The number of benzene rings is 2. The van der Waals surface area contributed by atoms with Crippen molar-refractivity contribution in [3.63, 3.8) is 0 Å². The smallest absolute Gasteiger partial charge is 0.269 e. The summed E-state index contributed by atoms with van der Waals surface area (Å²) in [5, 5.41) is 2.48. The molecule has 0 unspecified atom stereocenters. The van der Waals surface area contributed by atoms with Crippen LogP contribution in [0.1, 0.15) is 42.3 Å². The molecule has 3 N–H and O–H groups in total. The second-order valence-electron chi connectivity index (χ2n) is 6.97. The van der Waals surface area contributed by atoms with Gasteiger partial charge in [0.25, 0.3) is 5.91 Å². The van der Waals surface area contributed by atoms with Crippen LogP contribution in [0.5, 0.6) is 0 Å². The van der Waals surface area contributed by atoms with Gasteiger partial charge < -0.3 is 0 Å². The molecule has 0 heterocycles. The van der Waals surface area contributed by atoms with E-state index in [0.29, 0.717) is 5.56 Å². The number of hydrogen-bond acceptors (Lipinski definition) is 3. The van der Waals surface area contributed by atoms with Gasteiger partial charge in [0.2, 0.25) is 5.91 Å². The van der Waals surface area contributed by atoms with Gasteiger partial charge >= 0.3 is 0 Å². The largest absolute Gasteiger partial charge is 0.298 e. The third kappa shape index (κ3) is 6.67. The van der Waals surface area contributed by atoms with Gasteiger partial charge in [-0.3, -0.25) is 25.8 Å². The molecule has 0 fully saturated rings. The SMILES string of the molecule is CC(C)(C)c1ccc(C(=O)NNC(=S)NC(=O)/C=C/c2ccccc2)cc1. The van der Waals surface area contributed by atoms with Gasteiger partial charge in [0.1, 0.15) is 0 Å². The highest BCUT2D eigenvalue weighted by Crippen LogP contribution is 2.22. The minimum absolute atomic E-state index is 0.0115. The lowest BCUT2D eigenvalue weighted by Crippen LogP contribution is -2.48. The molecule has 0 bridgehead atoms. The lowest BCUT2D eigenvalue weighted by atomic mass is 9.87. The van der Waals surface area contributed by atoms with Crippen molar-refractivity contribution in [2.24, 2.45) is 0 Å². The van der Waals surface area contributed by atoms with Crippen LogP contribution >= 0.6 is 12.2 Å². The average Bonchev–Trinajstić information content (AvgIpc) is 2.64. The predicted octanol–water partition coefficient (Wildman–Crippen LogP) is 3.33. The van der Waals surface area contributed by atoms with Crippen molar-refractivity contribution in [3.8, 4) is 0 Å². The van der Waals surface area contributed by atoms with E-state index < -0.39 is 0 Å². The van der Waals surface area contributed by atoms with Crippen LogP contribution in [0.15, 0.2) is 60.7 Å². The highest BCUT2D eigenvalue weighted by molar-refractivity contribution is 7.80. The summed E-state index contributed by atoms with van der Waals surface area (Å²) in [6.45, 7) is 6.32. The Bertz CT molecular complexity index is 838. The van der Waals surface area contributed by atoms with Gasteiger partial charge in [-0.2, -0.15) is 0 Å². The standard InChI is InChI=1S/C21H23N3O2S/c1-21(2,3)17-12-10-16(11-13-17)19(26)23-24-20(27)22-18(25)14-9-15-7-5-4-6-8-15/h4-14H,1-3H3,(H,23,26)(H2,22,24,25,27)/b14-9+. The van der Waals surface area contributed by atoms with Crippen LogP contribution in [0.2, 0.25) is 0 Å². The van der Waals surface area contributed by atoms with Crippen LogP contribution in [0.25, 0.3) is 6.08 Å². The lowest BCUT2D eigenvalue weighted by Gasteiger charge is -2.19. The molecule has 6 heteroatoms. The van der Waals surface area contributed by atoms with Crippen molar-refractivity contribution in [1.29, 1.82) is 0 Å². The van der Waals surface area contributed by atoms with Crippen molar-refractivity contribution in [1.82, 2.24) is 16.2 Å². The maximum Gasteiger partial charge on any atom is 0.269 e. The van der Waals surface area contributed by atoms with Crippen molar-refractivity contribution < 1.29 is 9.59 Å². The molecule has 0 aromatic heterocycles. The summed E-state index contributed by atoms with van der Waals surface area (Å²) in [7, 11) is 0. The average molecular weight is 382 g/mol. The molecule has 2 rings (SSSR count). The zero-order chi connectivity index (χ0) is 19.9. The first-order chi connectivity index (χ1) is 12.8. The van der Waals surface area contributed by atoms with Crippen LogP contribution in [0.4, 0.5) is 0 Å². The minimum atomic E-state index is -0.389.